The number of rotatable bonds is 24. The molecule has 2 atom stereocenters. The van der Waals surface area contributed by atoms with Crippen LogP contribution >= 0.6 is 0 Å². The maximum atomic E-state index is 12.6. The highest BCUT2D eigenvalue weighted by Gasteiger charge is 2.27. The first kappa shape index (κ1) is 70.9. The molecule has 2 unspecified atom stereocenters. The second kappa shape index (κ2) is 35.9. The highest BCUT2D eigenvalue weighted by molar-refractivity contribution is 5.81. The number of aromatic nitrogens is 9. The number of ether oxygens (including phenoxy) is 6. The van der Waals surface area contributed by atoms with Gasteiger partial charge in [0.05, 0.1) is 56.5 Å². The van der Waals surface area contributed by atoms with Gasteiger partial charge in [-0.3, -0.25) is 24.3 Å². The van der Waals surface area contributed by atoms with Crippen LogP contribution in [0.2, 0.25) is 0 Å². The molecule has 0 saturated heterocycles. The smallest absolute Gasteiger partial charge is 0.387 e. The zero-order chi connectivity index (χ0) is 67.0. The van der Waals surface area contributed by atoms with Gasteiger partial charge in [-0.1, -0.05) is 80.1 Å². The van der Waals surface area contributed by atoms with Crippen LogP contribution in [0.3, 0.4) is 0 Å². The molecule has 7 heterocycles. The van der Waals surface area contributed by atoms with Crippen molar-refractivity contribution in [2.45, 2.75) is 143 Å². The van der Waals surface area contributed by atoms with Crippen LogP contribution in [0.25, 0.3) is 34.2 Å². The van der Waals surface area contributed by atoms with E-state index in [1.54, 1.807) is 44.8 Å². The molecule has 19 heteroatoms. The molecule has 97 heavy (non-hydrogen) atoms. The zero-order valence-electron chi connectivity index (χ0n) is 54.9. The average molecular weight is 1310 g/mol. The largest absolute Gasteiger partial charge is 0.489 e. The van der Waals surface area contributed by atoms with E-state index in [-0.39, 0.29) is 43.6 Å². The number of alkyl halides is 2. The molecule has 3 aliphatic carbocycles. The lowest BCUT2D eigenvalue weighted by molar-refractivity contribution is -0.191. The molecule has 17 nitrogen and oxygen atoms in total. The quantitative estimate of drug-likeness (QED) is 0.0555. The number of pyridine rings is 5. The molecule has 10 aromatic rings. The number of aryl methyl sites for hydroxylation is 2. The minimum atomic E-state index is -2.87. The summed E-state index contributed by atoms with van der Waals surface area (Å²) in [7, 11) is 3.28. The van der Waals surface area contributed by atoms with Crippen molar-refractivity contribution in [3.05, 3.63) is 234 Å². The second-order valence-electron chi connectivity index (χ2n) is 24.0. The number of allylic oxidation sites excluding steroid dienone is 1. The number of methoxy groups -OCH3 is 2. The molecule has 3 fully saturated rings. The van der Waals surface area contributed by atoms with Gasteiger partial charge in [0.1, 0.15) is 0 Å². The predicted molar refractivity (Wildman–Crippen MR) is 370 cm³/mol. The van der Waals surface area contributed by atoms with Crippen molar-refractivity contribution in [2.24, 2.45) is 5.92 Å². The first-order valence-corrected chi connectivity index (χ1v) is 32.7. The number of benzene rings is 3. The summed E-state index contributed by atoms with van der Waals surface area (Å²) >= 11 is 0. The van der Waals surface area contributed by atoms with Crippen LogP contribution in [-0.4, -0.2) is 90.3 Å². The average Bonchev–Trinajstić information content (AvgIpc) is 1.79. The van der Waals surface area contributed by atoms with Crippen molar-refractivity contribution in [3.8, 4) is 57.3 Å². The molecule has 3 aromatic carbocycles. The Kier molecular flexibility index (Phi) is 26.3. The van der Waals surface area contributed by atoms with E-state index in [0.29, 0.717) is 41.5 Å². The summed E-state index contributed by atoms with van der Waals surface area (Å²) in [5, 5.41) is 9.93. The van der Waals surface area contributed by atoms with E-state index in [1.807, 2.05) is 101 Å². The first-order chi connectivity index (χ1) is 46.9. The lowest BCUT2D eigenvalue weighted by Gasteiger charge is -2.21. The molecule has 7 aromatic heterocycles. The maximum Gasteiger partial charge on any atom is 0.387 e. The van der Waals surface area contributed by atoms with E-state index in [4.69, 9.17) is 43.5 Å². The van der Waals surface area contributed by atoms with Crippen LogP contribution in [0, 0.1) is 19.8 Å². The molecule has 0 spiro atoms. The SMILES string of the molecule is C.CC/C(=C\c1ccc(OC(F)F)c(OCC2CC2)c1)c1ccncc1.COc1ncc(C(Cc2ccncc2)n2ccc(-c3ccc(C)cc3)n2)cc1OC1CCCC1.COc1ncc(C(Cc2ccncc2)n2ccc(-c3cccc(C)c3)n2)cc1OC1CCCC1.O=C=O. The topological polar surface area (TPSA) is 190 Å². The van der Waals surface area contributed by atoms with Crippen LogP contribution in [0.4, 0.5) is 8.78 Å². The van der Waals surface area contributed by atoms with Crippen molar-refractivity contribution in [3.63, 3.8) is 0 Å². The maximum absolute atomic E-state index is 12.6. The van der Waals surface area contributed by atoms with Gasteiger partial charge in [-0.2, -0.15) is 28.6 Å². The van der Waals surface area contributed by atoms with E-state index in [9.17, 15) is 8.78 Å². The third-order valence-electron chi connectivity index (χ3n) is 17.0. The van der Waals surface area contributed by atoms with Gasteiger partial charge >= 0.3 is 12.8 Å². The van der Waals surface area contributed by atoms with Crippen LogP contribution in [0.1, 0.15) is 142 Å². The van der Waals surface area contributed by atoms with E-state index in [2.05, 4.69) is 123 Å². The highest BCUT2D eigenvalue weighted by atomic mass is 19.3. The van der Waals surface area contributed by atoms with Gasteiger partial charge in [0.15, 0.2) is 23.0 Å². The Morgan fingerprint density at radius 2 is 1.08 bits per heavy atom. The standard InChI is InChI=1S/2C28H30N4O2.C20H21F2NO2.CO2.CH4/c1-20-6-5-7-22(16-20)25-12-15-32(31-25)26(17-21-10-13-29-14-11-21)23-18-27(28(33-2)30-19-23)34-24-8-3-4-9-24;1-20-7-9-22(10-8-20)25-13-16-32(31-25)26(17-21-11-14-29-15-12-21)23-18-27(28(33-2)30-19-23)34-24-5-3-4-6-24;1-2-16(17-7-9-23-10-8-17)11-15-5-6-18(25-20(21)22)19(12-15)24-13-14-3-4-14;2-1-3;/h5-7,10-16,18-19,24,26H,3-4,8-9,17H2,1-2H3;7-16,18-19,24,26H,3-6,17H2,1-2H3;5-12,14,20H,2-4,13H2,1H3;;1H4/b;;16-11+;;. The lowest BCUT2D eigenvalue weighted by Crippen LogP contribution is -2.16. The Hall–Kier alpha value is -10.4. The molecule has 0 amide bonds. The van der Waals surface area contributed by atoms with Crippen LogP contribution in [0.15, 0.2) is 189 Å². The van der Waals surface area contributed by atoms with Gasteiger partial charge in [-0.25, -0.2) is 9.97 Å². The summed E-state index contributed by atoms with van der Waals surface area (Å²) in [6.07, 6.45) is 35.2. The molecule has 3 aliphatic rings. The summed E-state index contributed by atoms with van der Waals surface area (Å²) in [4.78, 5) is 37.8. The Bertz CT molecular complexity index is 4100. The number of carbonyl (C=O) groups excluding carboxylic acids is 2. The van der Waals surface area contributed by atoms with Crippen molar-refractivity contribution < 1.29 is 46.8 Å². The Labute approximate surface area is 566 Å². The van der Waals surface area contributed by atoms with Gasteiger partial charge in [-0.15, -0.1) is 0 Å². The molecular weight excluding hydrogens is 1230 g/mol. The lowest BCUT2D eigenvalue weighted by atomic mass is 10.0. The van der Waals surface area contributed by atoms with Gasteiger partial charge in [0.2, 0.25) is 0 Å². The van der Waals surface area contributed by atoms with Crippen LogP contribution < -0.4 is 28.4 Å². The van der Waals surface area contributed by atoms with Crippen molar-refractivity contribution in [1.82, 2.24) is 44.5 Å². The van der Waals surface area contributed by atoms with Gasteiger partial charge < -0.3 is 28.4 Å². The minimum Gasteiger partial charge on any atom is -0.489 e. The van der Waals surface area contributed by atoms with Crippen molar-refractivity contribution >= 4 is 17.8 Å². The van der Waals surface area contributed by atoms with Crippen molar-refractivity contribution in [2.75, 3.05) is 20.8 Å². The summed E-state index contributed by atoms with van der Waals surface area (Å²) < 4.78 is 63.3. The highest BCUT2D eigenvalue weighted by Crippen LogP contribution is 2.39. The minimum absolute atomic E-state index is 0. The molecule has 13 rings (SSSR count). The third kappa shape index (κ3) is 20.6. The van der Waals surface area contributed by atoms with Crippen LogP contribution in [-0.2, 0) is 22.4 Å². The first-order valence-electron chi connectivity index (χ1n) is 32.7. The van der Waals surface area contributed by atoms with E-state index in [0.717, 1.165) is 108 Å². The van der Waals surface area contributed by atoms with Crippen LogP contribution in [0.5, 0.6) is 34.8 Å². The Morgan fingerprint density at radius 3 is 1.56 bits per heavy atom. The van der Waals surface area contributed by atoms with Gasteiger partial charge in [-0.05, 0) is 221 Å². The fourth-order valence-electron chi connectivity index (χ4n) is 11.7. The summed E-state index contributed by atoms with van der Waals surface area (Å²) in [5.74, 6) is 3.44. The number of halogens is 2. The fourth-order valence-corrected chi connectivity index (χ4v) is 11.7. The molecule has 0 N–H and O–H groups in total. The number of nitrogens with zero attached hydrogens (tertiary/aromatic N) is 9. The zero-order valence-corrected chi connectivity index (χ0v) is 54.9. The fraction of sp³-hybridized carbons (Fsp3) is 0.333. The van der Waals surface area contributed by atoms with E-state index >= 15 is 0 Å². The molecule has 0 bridgehead atoms. The van der Waals surface area contributed by atoms with E-state index in [1.165, 1.54) is 47.9 Å². The van der Waals surface area contributed by atoms with Crippen molar-refractivity contribution in [1.29, 1.82) is 0 Å². The predicted octanol–water partition coefficient (Wildman–Crippen LogP) is 17.1. The summed E-state index contributed by atoms with van der Waals surface area (Å²) in [5.41, 5.74) is 14.1. The second-order valence-corrected chi connectivity index (χ2v) is 24.0. The Balaban J connectivity index is 0.000000168. The summed E-state index contributed by atoms with van der Waals surface area (Å²) in [6, 6.07) is 42.2. The normalized spacial score (nSPS) is 14.2. The molecule has 504 valence electrons. The van der Waals surface area contributed by atoms with Gasteiger partial charge in [0, 0.05) is 73.1 Å². The molecule has 0 aliphatic heterocycles. The molecule has 0 radical (unpaired) electrons. The monoisotopic (exact) mass is 1310 g/mol. The Morgan fingerprint density at radius 1 is 0.577 bits per heavy atom. The number of hydrogen-bond acceptors (Lipinski definition) is 15. The van der Waals surface area contributed by atoms with E-state index < -0.39 is 6.61 Å². The third-order valence-corrected chi connectivity index (χ3v) is 17.0. The van der Waals surface area contributed by atoms with Gasteiger partial charge in [0.25, 0.3) is 11.8 Å². The molecule has 3 saturated carbocycles. The number of hydrogen-bond donors (Lipinski definition) is 0. The summed E-state index contributed by atoms with van der Waals surface area (Å²) in [6.45, 7) is 3.94. The molecular formula is C78H85F2N9O8.